The Morgan fingerprint density at radius 2 is 2.18 bits per heavy atom. The zero-order valence-electron chi connectivity index (χ0n) is 10.8. The average molecular weight is 316 g/mol. The van der Waals surface area contributed by atoms with E-state index in [1.54, 1.807) is 0 Å². The monoisotopic (exact) mass is 315 g/mol. The molecule has 0 aliphatic heterocycles. The Labute approximate surface area is 117 Å². The second-order valence-electron chi connectivity index (χ2n) is 5.76. The van der Waals surface area contributed by atoms with Crippen molar-refractivity contribution < 1.29 is 0 Å². The minimum Gasteiger partial charge on any atom is -0.316 e. The van der Waals surface area contributed by atoms with Crippen molar-refractivity contribution in [1.82, 2.24) is 5.32 Å². The molecule has 0 spiro atoms. The van der Waals surface area contributed by atoms with Crippen LogP contribution in [0.1, 0.15) is 38.0 Å². The van der Waals surface area contributed by atoms with E-state index in [2.05, 4.69) is 47.2 Å². The van der Waals surface area contributed by atoms with Gasteiger partial charge >= 0.3 is 0 Å². The first-order valence-electron chi connectivity index (χ1n) is 6.55. The highest BCUT2D eigenvalue weighted by Crippen LogP contribution is 2.44. The lowest BCUT2D eigenvalue weighted by molar-refractivity contribution is 0.130. The van der Waals surface area contributed by atoms with Crippen molar-refractivity contribution in [3.8, 4) is 0 Å². The van der Waals surface area contributed by atoms with Crippen molar-refractivity contribution >= 4 is 27.3 Å². The molecule has 0 radical (unpaired) electrons. The molecule has 1 saturated carbocycles. The summed E-state index contributed by atoms with van der Waals surface area (Å²) in [5.41, 5.74) is 0.555. The maximum Gasteiger partial charge on any atom is 0.0701 e. The predicted octanol–water partition coefficient (Wildman–Crippen LogP) is 4.47. The maximum atomic E-state index is 3.65. The molecule has 1 nitrogen and oxygen atoms in total. The van der Waals surface area contributed by atoms with Crippen molar-refractivity contribution in [2.24, 2.45) is 11.3 Å². The van der Waals surface area contributed by atoms with Crippen molar-refractivity contribution in [2.45, 2.75) is 39.5 Å². The second kappa shape index (κ2) is 5.85. The van der Waals surface area contributed by atoms with Crippen LogP contribution >= 0.6 is 27.3 Å². The number of thiophene rings is 1. The minimum atomic E-state index is 0.555. The Bertz CT molecular complexity index is 355. The molecule has 1 fully saturated rings. The van der Waals surface area contributed by atoms with Gasteiger partial charge in [0.1, 0.15) is 0 Å². The number of halogens is 1. The van der Waals surface area contributed by atoms with Gasteiger partial charge in [-0.3, -0.25) is 0 Å². The third kappa shape index (κ3) is 3.80. The lowest BCUT2D eigenvalue weighted by atomic mass is 9.66. The minimum absolute atomic E-state index is 0.555. The fourth-order valence-corrected chi connectivity index (χ4v) is 4.19. The Morgan fingerprint density at radius 1 is 1.41 bits per heavy atom. The van der Waals surface area contributed by atoms with E-state index in [0.29, 0.717) is 5.41 Å². The molecule has 0 amide bonds. The van der Waals surface area contributed by atoms with Gasteiger partial charge in [-0.1, -0.05) is 20.3 Å². The Kier molecular flexibility index (Phi) is 4.67. The van der Waals surface area contributed by atoms with Gasteiger partial charge in [-0.25, -0.2) is 0 Å². The standard InChI is InChI=1S/C14H22BrNS/c1-11(2)9-16-10-14(6-3-7-14)8-12-4-5-13(15)17-12/h4-5,11,16H,3,6-10H2,1-2H3. The summed E-state index contributed by atoms with van der Waals surface area (Å²) in [6.45, 7) is 6.89. The molecule has 1 N–H and O–H groups in total. The molecule has 17 heavy (non-hydrogen) atoms. The first kappa shape index (κ1) is 13.6. The van der Waals surface area contributed by atoms with Crippen LogP contribution in [0.15, 0.2) is 15.9 Å². The highest BCUT2D eigenvalue weighted by molar-refractivity contribution is 9.11. The Balaban J connectivity index is 1.86. The van der Waals surface area contributed by atoms with Gasteiger partial charge < -0.3 is 5.32 Å². The van der Waals surface area contributed by atoms with Gasteiger partial charge in [-0.05, 0) is 65.2 Å². The van der Waals surface area contributed by atoms with Crippen LogP contribution in [0.25, 0.3) is 0 Å². The van der Waals surface area contributed by atoms with Crippen LogP contribution < -0.4 is 5.32 Å². The molecule has 1 aromatic heterocycles. The predicted molar refractivity (Wildman–Crippen MR) is 79.7 cm³/mol. The number of hydrogen-bond acceptors (Lipinski definition) is 2. The van der Waals surface area contributed by atoms with Crippen LogP contribution in [-0.4, -0.2) is 13.1 Å². The summed E-state index contributed by atoms with van der Waals surface area (Å²) in [5, 5.41) is 3.65. The molecule has 96 valence electrons. The fourth-order valence-electron chi connectivity index (χ4n) is 2.54. The van der Waals surface area contributed by atoms with Gasteiger partial charge in [0.25, 0.3) is 0 Å². The lowest BCUT2D eigenvalue weighted by Crippen LogP contribution is -2.42. The lowest BCUT2D eigenvalue weighted by Gasteiger charge is -2.42. The molecule has 0 atom stereocenters. The van der Waals surface area contributed by atoms with Crippen molar-refractivity contribution in [3.05, 3.63) is 20.8 Å². The number of hydrogen-bond donors (Lipinski definition) is 1. The van der Waals surface area contributed by atoms with Crippen LogP contribution in [0, 0.1) is 11.3 Å². The van der Waals surface area contributed by atoms with E-state index in [1.807, 2.05) is 11.3 Å². The van der Waals surface area contributed by atoms with Crippen LogP contribution in [-0.2, 0) is 6.42 Å². The Morgan fingerprint density at radius 3 is 2.65 bits per heavy atom. The highest BCUT2D eigenvalue weighted by atomic mass is 79.9. The van der Waals surface area contributed by atoms with Gasteiger partial charge in [0.2, 0.25) is 0 Å². The molecule has 0 aromatic carbocycles. The molecular weight excluding hydrogens is 294 g/mol. The summed E-state index contributed by atoms with van der Waals surface area (Å²) in [7, 11) is 0. The second-order valence-corrected chi connectivity index (χ2v) is 8.31. The summed E-state index contributed by atoms with van der Waals surface area (Å²) in [6, 6.07) is 4.45. The number of nitrogens with one attached hydrogen (secondary N) is 1. The smallest absolute Gasteiger partial charge is 0.0701 e. The van der Waals surface area contributed by atoms with Crippen LogP contribution in [0.5, 0.6) is 0 Å². The van der Waals surface area contributed by atoms with E-state index < -0.39 is 0 Å². The molecule has 1 aliphatic rings. The topological polar surface area (TPSA) is 12.0 Å². The van der Waals surface area contributed by atoms with Gasteiger partial charge in [-0.15, -0.1) is 11.3 Å². The normalized spacial score (nSPS) is 18.4. The van der Waals surface area contributed by atoms with Crippen LogP contribution in [0.4, 0.5) is 0 Å². The van der Waals surface area contributed by atoms with E-state index in [9.17, 15) is 0 Å². The highest BCUT2D eigenvalue weighted by Gasteiger charge is 2.36. The molecule has 0 unspecified atom stereocenters. The summed E-state index contributed by atoms with van der Waals surface area (Å²) in [4.78, 5) is 1.53. The molecule has 1 aliphatic carbocycles. The molecule has 1 heterocycles. The summed E-state index contributed by atoms with van der Waals surface area (Å²) in [6.07, 6.45) is 5.46. The van der Waals surface area contributed by atoms with Gasteiger partial charge in [0.05, 0.1) is 3.79 Å². The fraction of sp³-hybridized carbons (Fsp3) is 0.714. The molecule has 0 saturated heterocycles. The third-order valence-electron chi connectivity index (χ3n) is 3.64. The first-order valence-corrected chi connectivity index (χ1v) is 8.16. The molecule has 0 bridgehead atoms. The average Bonchev–Trinajstić information content (AvgIpc) is 2.59. The summed E-state index contributed by atoms with van der Waals surface area (Å²) >= 11 is 5.45. The van der Waals surface area contributed by atoms with Crippen molar-refractivity contribution in [3.63, 3.8) is 0 Å². The first-order chi connectivity index (χ1) is 8.10. The summed E-state index contributed by atoms with van der Waals surface area (Å²) < 4.78 is 1.26. The zero-order valence-corrected chi connectivity index (χ0v) is 13.2. The van der Waals surface area contributed by atoms with Crippen molar-refractivity contribution in [1.29, 1.82) is 0 Å². The zero-order chi connectivity index (χ0) is 12.3. The Hall–Kier alpha value is 0.140. The molecule has 1 aromatic rings. The van der Waals surface area contributed by atoms with E-state index in [1.165, 1.54) is 40.9 Å². The van der Waals surface area contributed by atoms with E-state index in [0.717, 1.165) is 12.5 Å². The number of rotatable bonds is 6. The third-order valence-corrected chi connectivity index (χ3v) is 5.27. The molecule has 3 heteroatoms. The summed E-state index contributed by atoms with van der Waals surface area (Å²) in [5.74, 6) is 0.753. The SMILES string of the molecule is CC(C)CNCC1(Cc2ccc(Br)s2)CCC1. The van der Waals surface area contributed by atoms with E-state index >= 15 is 0 Å². The van der Waals surface area contributed by atoms with Crippen LogP contribution in [0.3, 0.4) is 0 Å². The van der Waals surface area contributed by atoms with E-state index in [-0.39, 0.29) is 0 Å². The van der Waals surface area contributed by atoms with E-state index in [4.69, 9.17) is 0 Å². The largest absolute Gasteiger partial charge is 0.316 e. The van der Waals surface area contributed by atoms with Gasteiger partial charge in [0.15, 0.2) is 0 Å². The maximum absolute atomic E-state index is 3.65. The molecule has 2 rings (SSSR count). The quantitative estimate of drug-likeness (QED) is 0.816. The van der Waals surface area contributed by atoms with Crippen molar-refractivity contribution in [2.75, 3.05) is 13.1 Å². The van der Waals surface area contributed by atoms with Crippen LogP contribution in [0.2, 0.25) is 0 Å². The van der Waals surface area contributed by atoms with Gasteiger partial charge in [0, 0.05) is 11.4 Å². The van der Waals surface area contributed by atoms with Gasteiger partial charge in [-0.2, -0.15) is 0 Å². The molecular formula is C14H22BrNS.